The summed E-state index contributed by atoms with van der Waals surface area (Å²) in [5.41, 5.74) is 3.06. The second kappa shape index (κ2) is 6.10. The van der Waals surface area contributed by atoms with Crippen LogP contribution in [0.15, 0.2) is 59.1 Å². The highest BCUT2D eigenvalue weighted by Gasteiger charge is 2.23. The number of benzene rings is 2. The molecular weight excluding hydrogens is 335 g/mol. The van der Waals surface area contributed by atoms with Gasteiger partial charge in [0.2, 0.25) is 13.3 Å². The molecule has 6 heteroatoms. The Labute approximate surface area is 145 Å². The summed E-state index contributed by atoms with van der Waals surface area (Å²) in [5, 5.41) is 1.71. The SMILES string of the molecule is CCP(=O)(OC)c1ccc2nc(-c3ccc4cccnc4c3)oc2c1. The molecule has 2 aromatic heterocycles. The zero-order valence-electron chi connectivity index (χ0n) is 14.0. The molecule has 1 atom stereocenters. The third-order valence-electron chi connectivity index (χ3n) is 4.33. The molecule has 0 aliphatic rings. The summed E-state index contributed by atoms with van der Waals surface area (Å²) in [6, 6.07) is 15.2. The summed E-state index contributed by atoms with van der Waals surface area (Å²) < 4.78 is 23.9. The minimum Gasteiger partial charge on any atom is -0.436 e. The van der Waals surface area contributed by atoms with Crippen molar-refractivity contribution in [3.8, 4) is 11.5 Å². The van der Waals surface area contributed by atoms with Crippen molar-refractivity contribution in [3.05, 3.63) is 54.7 Å². The Kier molecular flexibility index (Phi) is 3.91. The Morgan fingerprint density at radius 2 is 2.00 bits per heavy atom. The molecule has 0 saturated carbocycles. The molecule has 4 aromatic rings. The zero-order chi connectivity index (χ0) is 17.4. The third kappa shape index (κ3) is 2.76. The minimum atomic E-state index is -2.83. The van der Waals surface area contributed by atoms with Gasteiger partial charge in [0.05, 0.1) is 5.52 Å². The minimum absolute atomic E-state index is 0.437. The molecular formula is C19H17N2O3P. The zero-order valence-corrected chi connectivity index (χ0v) is 14.9. The summed E-state index contributed by atoms with van der Waals surface area (Å²) in [5.74, 6) is 0.517. The van der Waals surface area contributed by atoms with Gasteiger partial charge in [-0.15, -0.1) is 0 Å². The lowest BCUT2D eigenvalue weighted by atomic mass is 10.1. The van der Waals surface area contributed by atoms with Crippen molar-refractivity contribution in [2.45, 2.75) is 6.92 Å². The molecule has 0 fully saturated rings. The Hall–Kier alpha value is -2.49. The quantitative estimate of drug-likeness (QED) is 0.502. The standard InChI is InChI=1S/C19H17N2O3P/c1-3-25(22,23-2)15-8-9-16-18(12-15)24-19(21-16)14-7-6-13-5-4-10-20-17(13)11-14/h4-12H,3H2,1-2H3. The van der Waals surface area contributed by atoms with Gasteiger partial charge in [0, 0.05) is 35.7 Å². The number of aromatic nitrogens is 2. The summed E-state index contributed by atoms with van der Waals surface area (Å²) in [6.45, 7) is 1.85. The van der Waals surface area contributed by atoms with Crippen LogP contribution in [0.2, 0.25) is 0 Å². The molecule has 2 aromatic carbocycles. The van der Waals surface area contributed by atoms with Crippen LogP contribution in [0.5, 0.6) is 0 Å². The maximum Gasteiger partial charge on any atom is 0.231 e. The summed E-state index contributed by atoms with van der Waals surface area (Å²) in [4.78, 5) is 8.91. The molecule has 0 aliphatic heterocycles. The maximum absolute atomic E-state index is 12.7. The molecule has 126 valence electrons. The van der Waals surface area contributed by atoms with E-state index in [1.165, 1.54) is 7.11 Å². The van der Waals surface area contributed by atoms with E-state index in [1.54, 1.807) is 18.3 Å². The fraction of sp³-hybridized carbons (Fsp3) is 0.158. The summed E-state index contributed by atoms with van der Waals surface area (Å²) >= 11 is 0. The van der Waals surface area contributed by atoms with Crippen LogP contribution in [0.25, 0.3) is 33.5 Å². The Morgan fingerprint density at radius 1 is 1.12 bits per heavy atom. The fourth-order valence-corrected chi connectivity index (χ4v) is 4.32. The van der Waals surface area contributed by atoms with E-state index in [0.717, 1.165) is 22.0 Å². The van der Waals surface area contributed by atoms with Gasteiger partial charge in [-0.05, 0) is 36.4 Å². The van der Waals surface area contributed by atoms with Gasteiger partial charge in [0.15, 0.2) is 5.58 Å². The Bertz CT molecular complexity index is 1110. The lowest BCUT2D eigenvalue weighted by molar-refractivity contribution is 0.404. The number of nitrogens with zero attached hydrogens (tertiary/aromatic N) is 2. The summed E-state index contributed by atoms with van der Waals surface area (Å²) in [6.07, 6.45) is 2.20. The van der Waals surface area contributed by atoms with Crippen molar-refractivity contribution in [1.29, 1.82) is 0 Å². The number of rotatable bonds is 4. The van der Waals surface area contributed by atoms with Crippen LogP contribution in [-0.4, -0.2) is 23.2 Å². The Morgan fingerprint density at radius 3 is 2.80 bits per heavy atom. The molecule has 0 bridgehead atoms. The third-order valence-corrected chi connectivity index (χ3v) is 6.82. The highest BCUT2D eigenvalue weighted by atomic mass is 31.2. The predicted octanol–water partition coefficient (Wildman–Crippen LogP) is 4.61. The van der Waals surface area contributed by atoms with Crippen molar-refractivity contribution in [1.82, 2.24) is 9.97 Å². The number of fused-ring (bicyclic) bond motifs is 2. The van der Waals surface area contributed by atoms with Crippen LogP contribution < -0.4 is 5.30 Å². The monoisotopic (exact) mass is 352 g/mol. The van der Waals surface area contributed by atoms with E-state index in [1.807, 2.05) is 43.3 Å². The second-order valence-corrected chi connectivity index (χ2v) is 8.61. The molecule has 25 heavy (non-hydrogen) atoms. The van der Waals surface area contributed by atoms with Gasteiger partial charge in [-0.2, -0.15) is 0 Å². The molecule has 0 N–H and O–H groups in total. The van der Waals surface area contributed by atoms with E-state index in [4.69, 9.17) is 8.94 Å². The average Bonchev–Trinajstić information content (AvgIpc) is 3.10. The number of oxazole rings is 1. The van der Waals surface area contributed by atoms with Crippen LogP contribution >= 0.6 is 7.37 Å². The van der Waals surface area contributed by atoms with E-state index in [9.17, 15) is 4.57 Å². The van der Waals surface area contributed by atoms with Crippen molar-refractivity contribution < 1.29 is 13.5 Å². The lowest BCUT2D eigenvalue weighted by Gasteiger charge is -2.13. The highest BCUT2D eigenvalue weighted by molar-refractivity contribution is 7.66. The van der Waals surface area contributed by atoms with Crippen molar-refractivity contribution >= 4 is 34.7 Å². The molecule has 0 radical (unpaired) electrons. The smallest absolute Gasteiger partial charge is 0.231 e. The van der Waals surface area contributed by atoms with Crippen LogP contribution in [0.4, 0.5) is 0 Å². The molecule has 0 spiro atoms. The summed E-state index contributed by atoms with van der Waals surface area (Å²) in [7, 11) is -1.36. The molecule has 0 saturated heterocycles. The van der Waals surface area contributed by atoms with Crippen LogP contribution in [-0.2, 0) is 9.09 Å². The van der Waals surface area contributed by atoms with Crippen LogP contribution in [0.1, 0.15) is 6.92 Å². The van der Waals surface area contributed by atoms with E-state index in [-0.39, 0.29) is 0 Å². The highest BCUT2D eigenvalue weighted by Crippen LogP contribution is 2.44. The van der Waals surface area contributed by atoms with Crippen molar-refractivity contribution in [2.24, 2.45) is 0 Å². The average molecular weight is 352 g/mol. The van der Waals surface area contributed by atoms with Crippen LogP contribution in [0, 0.1) is 0 Å². The van der Waals surface area contributed by atoms with Crippen molar-refractivity contribution in [2.75, 3.05) is 13.3 Å². The first-order valence-electron chi connectivity index (χ1n) is 8.04. The number of hydrogen-bond donors (Lipinski definition) is 0. The first-order chi connectivity index (χ1) is 12.1. The van der Waals surface area contributed by atoms with Gasteiger partial charge in [0.25, 0.3) is 0 Å². The number of hydrogen-bond acceptors (Lipinski definition) is 5. The van der Waals surface area contributed by atoms with E-state index in [2.05, 4.69) is 9.97 Å². The van der Waals surface area contributed by atoms with Gasteiger partial charge in [-0.1, -0.05) is 19.1 Å². The molecule has 0 amide bonds. The van der Waals surface area contributed by atoms with E-state index < -0.39 is 7.37 Å². The van der Waals surface area contributed by atoms with Gasteiger partial charge < -0.3 is 8.94 Å². The molecule has 0 aliphatic carbocycles. The molecule has 2 heterocycles. The van der Waals surface area contributed by atoms with E-state index >= 15 is 0 Å². The maximum atomic E-state index is 12.7. The van der Waals surface area contributed by atoms with Gasteiger partial charge in [-0.3, -0.25) is 9.55 Å². The van der Waals surface area contributed by atoms with Gasteiger partial charge in [0.1, 0.15) is 5.52 Å². The van der Waals surface area contributed by atoms with Gasteiger partial charge >= 0.3 is 0 Å². The number of pyridine rings is 1. The first-order valence-corrected chi connectivity index (χ1v) is 9.85. The Balaban J connectivity index is 1.81. The van der Waals surface area contributed by atoms with Crippen LogP contribution in [0.3, 0.4) is 0 Å². The largest absolute Gasteiger partial charge is 0.436 e. The van der Waals surface area contributed by atoms with Gasteiger partial charge in [-0.25, -0.2) is 4.98 Å². The topological polar surface area (TPSA) is 65.2 Å². The van der Waals surface area contributed by atoms with E-state index in [0.29, 0.717) is 22.9 Å². The second-order valence-electron chi connectivity index (χ2n) is 5.75. The first kappa shape index (κ1) is 16.0. The molecule has 1 unspecified atom stereocenters. The predicted molar refractivity (Wildman–Crippen MR) is 99.5 cm³/mol. The van der Waals surface area contributed by atoms with Crippen molar-refractivity contribution in [3.63, 3.8) is 0 Å². The normalized spacial score (nSPS) is 14.0. The molecule has 4 rings (SSSR count). The lowest BCUT2D eigenvalue weighted by Crippen LogP contribution is -2.07. The fourth-order valence-electron chi connectivity index (χ4n) is 2.87. The molecule has 5 nitrogen and oxygen atoms in total.